The topological polar surface area (TPSA) is 17.8 Å². The van der Waals surface area contributed by atoms with Crippen molar-refractivity contribution in [3.05, 3.63) is 82.3 Å². The lowest BCUT2D eigenvalue weighted by molar-refractivity contribution is 1.10. The normalized spacial score (nSPS) is 10.4. The van der Waals surface area contributed by atoms with Gasteiger partial charge >= 0.3 is 0 Å². The molecular formula is C21H20BrClN2. The van der Waals surface area contributed by atoms with Gasteiger partial charge in [0.15, 0.2) is 0 Å². The summed E-state index contributed by atoms with van der Waals surface area (Å²) in [6.07, 6.45) is 0. The van der Waals surface area contributed by atoms with Crippen molar-refractivity contribution in [3.63, 3.8) is 0 Å². The van der Waals surface area contributed by atoms with E-state index in [2.05, 4.69) is 38.7 Å². The molecule has 128 valence electrons. The summed E-state index contributed by atoms with van der Waals surface area (Å²) in [6.45, 7) is 4.00. The zero-order valence-corrected chi connectivity index (χ0v) is 16.4. The first-order valence-electron chi connectivity index (χ1n) is 8.23. The Balaban J connectivity index is 0.000000784. The third kappa shape index (κ3) is 3.35. The summed E-state index contributed by atoms with van der Waals surface area (Å²) in [6, 6.07) is 24.2. The first-order chi connectivity index (χ1) is 12.3. The van der Waals surface area contributed by atoms with E-state index in [4.69, 9.17) is 16.6 Å². The van der Waals surface area contributed by atoms with Crippen molar-refractivity contribution in [1.82, 2.24) is 9.55 Å². The number of para-hydroxylation sites is 2. The molecule has 4 rings (SSSR count). The zero-order valence-electron chi connectivity index (χ0n) is 14.1. The van der Waals surface area contributed by atoms with Gasteiger partial charge in [-0.15, -0.1) is 0 Å². The highest BCUT2D eigenvalue weighted by atomic mass is 79.9. The quantitative estimate of drug-likeness (QED) is 0.334. The van der Waals surface area contributed by atoms with Crippen LogP contribution in [0, 0.1) is 0 Å². The number of hydrogen-bond acceptors (Lipinski definition) is 1. The summed E-state index contributed by atoms with van der Waals surface area (Å²) < 4.78 is 2.98. The average molecular weight is 416 g/mol. The second-order valence-corrected chi connectivity index (χ2v) is 6.43. The fourth-order valence-corrected chi connectivity index (χ4v) is 3.28. The van der Waals surface area contributed by atoms with Crippen LogP contribution in [-0.2, 0) is 0 Å². The van der Waals surface area contributed by atoms with E-state index in [1.807, 2.05) is 68.4 Å². The summed E-state index contributed by atoms with van der Waals surface area (Å²) in [5.41, 5.74) is 3.95. The van der Waals surface area contributed by atoms with Crippen LogP contribution in [0.4, 0.5) is 0 Å². The molecule has 0 amide bonds. The van der Waals surface area contributed by atoms with Crippen molar-refractivity contribution < 1.29 is 1.43 Å². The lowest BCUT2D eigenvalue weighted by atomic mass is 10.2. The summed E-state index contributed by atoms with van der Waals surface area (Å²) in [5.74, 6) is 0.881. The summed E-state index contributed by atoms with van der Waals surface area (Å²) in [7, 11) is 0. The van der Waals surface area contributed by atoms with E-state index in [9.17, 15) is 0 Å². The fraction of sp³-hybridized carbons (Fsp3) is 0.0952. The SMILES string of the molecule is CC.Clc1c(Br)cccc1-n1c(-c2ccccc2)nc2ccccc21.[HH]. The molecule has 4 aromatic rings. The van der Waals surface area contributed by atoms with Crippen LogP contribution in [0.5, 0.6) is 0 Å². The monoisotopic (exact) mass is 414 g/mol. The highest BCUT2D eigenvalue weighted by Gasteiger charge is 2.16. The maximum absolute atomic E-state index is 6.55. The standard InChI is InChI=1S/C19H12BrClN2.C2H6.H2/c20-14-9-6-12-17(18(14)21)23-16-11-5-4-10-15(16)22-19(23)13-7-2-1-3-8-13;1-2;/h1-12H;1-2H3;1H. The number of imidazole rings is 1. The Labute approximate surface area is 162 Å². The maximum Gasteiger partial charge on any atom is 0.145 e. The summed E-state index contributed by atoms with van der Waals surface area (Å²) in [5, 5.41) is 0.674. The maximum atomic E-state index is 6.55. The van der Waals surface area contributed by atoms with Crippen molar-refractivity contribution in [2.75, 3.05) is 0 Å². The van der Waals surface area contributed by atoms with Crippen LogP contribution in [0.3, 0.4) is 0 Å². The van der Waals surface area contributed by atoms with E-state index in [1.54, 1.807) is 0 Å². The molecule has 0 atom stereocenters. The molecule has 0 aliphatic heterocycles. The third-order valence-corrected chi connectivity index (χ3v) is 5.05. The molecule has 0 spiro atoms. The molecule has 4 heteroatoms. The molecule has 2 nitrogen and oxygen atoms in total. The lowest BCUT2D eigenvalue weighted by Gasteiger charge is -2.12. The predicted octanol–water partition coefficient (Wildman–Crippen LogP) is 7.38. The summed E-state index contributed by atoms with van der Waals surface area (Å²) in [4.78, 5) is 4.82. The lowest BCUT2D eigenvalue weighted by Crippen LogP contribution is -1.98. The van der Waals surface area contributed by atoms with Gasteiger partial charge in [0.25, 0.3) is 0 Å². The van der Waals surface area contributed by atoms with Gasteiger partial charge < -0.3 is 0 Å². The molecule has 1 heterocycles. The van der Waals surface area contributed by atoms with Crippen LogP contribution >= 0.6 is 27.5 Å². The van der Waals surface area contributed by atoms with Crippen molar-refractivity contribution >= 4 is 38.6 Å². The van der Waals surface area contributed by atoms with Crippen LogP contribution in [0.2, 0.25) is 5.02 Å². The molecule has 0 bridgehead atoms. The van der Waals surface area contributed by atoms with Crippen LogP contribution in [0.25, 0.3) is 28.1 Å². The molecule has 0 fully saturated rings. The molecule has 0 saturated carbocycles. The Morgan fingerprint density at radius 3 is 2.32 bits per heavy atom. The largest absolute Gasteiger partial charge is 0.291 e. The Hall–Kier alpha value is -2.10. The second-order valence-electron chi connectivity index (χ2n) is 5.20. The number of rotatable bonds is 2. The summed E-state index contributed by atoms with van der Waals surface area (Å²) >= 11 is 10.1. The van der Waals surface area contributed by atoms with E-state index < -0.39 is 0 Å². The van der Waals surface area contributed by atoms with E-state index in [-0.39, 0.29) is 1.43 Å². The van der Waals surface area contributed by atoms with Crippen molar-refractivity contribution in [2.45, 2.75) is 13.8 Å². The minimum Gasteiger partial charge on any atom is -0.291 e. The first-order valence-corrected chi connectivity index (χ1v) is 9.40. The van der Waals surface area contributed by atoms with Gasteiger partial charge in [-0.2, -0.15) is 0 Å². The zero-order chi connectivity index (χ0) is 17.8. The predicted molar refractivity (Wildman–Crippen MR) is 113 cm³/mol. The van der Waals surface area contributed by atoms with Gasteiger partial charge in [0.1, 0.15) is 5.82 Å². The number of nitrogens with zero attached hydrogens (tertiary/aromatic N) is 2. The molecular weight excluding hydrogens is 396 g/mol. The van der Waals surface area contributed by atoms with Gasteiger partial charge in [-0.3, -0.25) is 4.57 Å². The Morgan fingerprint density at radius 2 is 1.56 bits per heavy atom. The molecule has 3 aromatic carbocycles. The van der Waals surface area contributed by atoms with Gasteiger partial charge in [-0.25, -0.2) is 4.98 Å². The number of aromatic nitrogens is 2. The van der Waals surface area contributed by atoms with Gasteiger partial charge in [0.05, 0.1) is 21.7 Å². The Kier molecular flexibility index (Phi) is 5.57. The van der Waals surface area contributed by atoms with E-state index in [1.165, 1.54) is 0 Å². The molecule has 0 aliphatic rings. The van der Waals surface area contributed by atoms with E-state index in [0.29, 0.717) is 5.02 Å². The number of hydrogen-bond donors (Lipinski definition) is 0. The average Bonchev–Trinajstić information content (AvgIpc) is 3.06. The van der Waals surface area contributed by atoms with E-state index in [0.717, 1.165) is 32.6 Å². The molecule has 0 unspecified atom stereocenters. The van der Waals surface area contributed by atoms with Gasteiger partial charge in [0, 0.05) is 11.5 Å². The minimum absolute atomic E-state index is 0. The van der Waals surface area contributed by atoms with Crippen LogP contribution < -0.4 is 0 Å². The number of benzene rings is 3. The highest BCUT2D eigenvalue weighted by molar-refractivity contribution is 9.10. The van der Waals surface area contributed by atoms with Crippen molar-refractivity contribution in [3.8, 4) is 17.1 Å². The Bertz CT molecular complexity index is 1000. The highest BCUT2D eigenvalue weighted by Crippen LogP contribution is 2.34. The number of fused-ring (bicyclic) bond motifs is 1. The van der Waals surface area contributed by atoms with Crippen LogP contribution in [0.1, 0.15) is 15.3 Å². The second kappa shape index (κ2) is 7.85. The van der Waals surface area contributed by atoms with Gasteiger partial charge in [-0.05, 0) is 40.2 Å². The molecule has 1 aromatic heterocycles. The number of halogens is 2. The molecule has 0 N–H and O–H groups in total. The van der Waals surface area contributed by atoms with E-state index >= 15 is 0 Å². The third-order valence-electron chi connectivity index (χ3n) is 3.76. The van der Waals surface area contributed by atoms with Gasteiger partial charge in [-0.1, -0.05) is 74.0 Å². The minimum atomic E-state index is 0. The Morgan fingerprint density at radius 1 is 0.880 bits per heavy atom. The van der Waals surface area contributed by atoms with Crippen molar-refractivity contribution in [2.24, 2.45) is 0 Å². The molecule has 0 radical (unpaired) electrons. The molecule has 0 saturated heterocycles. The molecule has 0 aliphatic carbocycles. The smallest absolute Gasteiger partial charge is 0.145 e. The molecule has 25 heavy (non-hydrogen) atoms. The van der Waals surface area contributed by atoms with Crippen LogP contribution in [0.15, 0.2) is 77.3 Å². The van der Waals surface area contributed by atoms with Crippen molar-refractivity contribution in [1.29, 1.82) is 0 Å². The van der Waals surface area contributed by atoms with Gasteiger partial charge in [0.2, 0.25) is 0 Å². The fourth-order valence-electron chi connectivity index (χ4n) is 2.72. The van der Waals surface area contributed by atoms with Crippen LogP contribution in [-0.4, -0.2) is 9.55 Å². The first kappa shape index (κ1) is 17.7.